The van der Waals surface area contributed by atoms with Crippen molar-refractivity contribution < 1.29 is 9.18 Å². The van der Waals surface area contributed by atoms with Crippen molar-refractivity contribution in [3.8, 4) is 0 Å². The Labute approximate surface area is 139 Å². The second-order valence-corrected chi connectivity index (χ2v) is 6.97. The predicted molar refractivity (Wildman–Crippen MR) is 88.2 cm³/mol. The van der Waals surface area contributed by atoms with Gasteiger partial charge in [-0.2, -0.15) is 0 Å². The number of rotatable bonds is 2. The Morgan fingerprint density at radius 2 is 2.10 bits per heavy atom. The van der Waals surface area contributed by atoms with Gasteiger partial charge in [0.1, 0.15) is 11.2 Å². The molecule has 0 radical (unpaired) electrons. The first-order valence-electron chi connectivity index (χ1n) is 6.20. The lowest BCUT2D eigenvalue weighted by Crippen LogP contribution is -2.27. The predicted octanol–water partition coefficient (Wildman–Crippen LogP) is 5.02. The van der Waals surface area contributed by atoms with Crippen molar-refractivity contribution in [2.45, 2.75) is 5.37 Å². The molecule has 0 saturated carbocycles. The average Bonchev–Trinajstić information content (AvgIpc) is 2.84. The van der Waals surface area contributed by atoms with Gasteiger partial charge in [0.15, 0.2) is 0 Å². The molecule has 1 unspecified atom stereocenters. The molecule has 2 aromatic rings. The first-order valence-corrected chi connectivity index (χ1v) is 8.42. The average molecular weight is 387 g/mol. The summed E-state index contributed by atoms with van der Waals surface area (Å²) in [6.07, 6.45) is 0. The zero-order chi connectivity index (χ0) is 15.0. The molecular weight excluding hydrogens is 377 g/mol. The second-order valence-electron chi connectivity index (χ2n) is 4.58. The highest BCUT2D eigenvalue weighted by Gasteiger charge is 2.34. The van der Waals surface area contributed by atoms with E-state index in [0.717, 1.165) is 10.0 Å². The fraction of sp³-hybridized carbons (Fsp3) is 0.133. The highest BCUT2D eigenvalue weighted by molar-refractivity contribution is 9.10. The molecule has 0 N–H and O–H groups in total. The molecule has 0 bridgehead atoms. The molecule has 6 heteroatoms. The number of amides is 1. The van der Waals surface area contributed by atoms with Gasteiger partial charge < -0.3 is 0 Å². The molecule has 0 spiro atoms. The molecule has 1 aliphatic rings. The molecule has 1 atom stereocenters. The fourth-order valence-corrected chi connectivity index (χ4v) is 4.00. The van der Waals surface area contributed by atoms with Gasteiger partial charge in [0.05, 0.1) is 10.8 Å². The summed E-state index contributed by atoms with van der Waals surface area (Å²) in [5.74, 6) is -0.0991. The minimum Gasteiger partial charge on any atom is -0.295 e. The lowest BCUT2D eigenvalue weighted by Gasteiger charge is -2.24. The van der Waals surface area contributed by atoms with Crippen molar-refractivity contribution in [1.82, 2.24) is 0 Å². The van der Waals surface area contributed by atoms with E-state index in [1.165, 1.54) is 12.1 Å². The zero-order valence-electron chi connectivity index (χ0n) is 10.7. The van der Waals surface area contributed by atoms with Crippen LogP contribution in [0.15, 0.2) is 46.9 Å². The highest BCUT2D eigenvalue weighted by atomic mass is 79.9. The Balaban J connectivity index is 2.01. The van der Waals surface area contributed by atoms with Gasteiger partial charge in [-0.3, -0.25) is 9.69 Å². The number of hydrogen-bond acceptors (Lipinski definition) is 2. The molecular formula is C15H10BrClFNOS. The van der Waals surface area contributed by atoms with Crippen molar-refractivity contribution in [3.63, 3.8) is 0 Å². The van der Waals surface area contributed by atoms with Crippen molar-refractivity contribution in [3.05, 3.63) is 63.3 Å². The molecule has 1 aliphatic heterocycles. The summed E-state index contributed by atoms with van der Waals surface area (Å²) in [4.78, 5) is 13.9. The van der Waals surface area contributed by atoms with Crippen LogP contribution in [0.25, 0.3) is 0 Å². The number of anilines is 1. The molecule has 1 amide bonds. The Morgan fingerprint density at radius 1 is 1.29 bits per heavy atom. The topological polar surface area (TPSA) is 20.3 Å². The van der Waals surface area contributed by atoms with Crippen LogP contribution in [0.4, 0.5) is 10.1 Å². The van der Waals surface area contributed by atoms with E-state index in [1.54, 1.807) is 22.7 Å². The summed E-state index contributed by atoms with van der Waals surface area (Å²) in [5.41, 5.74) is 1.63. The van der Waals surface area contributed by atoms with E-state index in [1.807, 2.05) is 24.3 Å². The minimum absolute atomic E-state index is 0.00681. The molecule has 21 heavy (non-hydrogen) atoms. The van der Waals surface area contributed by atoms with Crippen molar-refractivity contribution in [2.24, 2.45) is 0 Å². The fourth-order valence-electron chi connectivity index (χ4n) is 2.24. The summed E-state index contributed by atoms with van der Waals surface area (Å²) in [5, 5.41) is -0.110. The van der Waals surface area contributed by atoms with Gasteiger partial charge in [0.2, 0.25) is 5.91 Å². The lowest BCUT2D eigenvalue weighted by molar-refractivity contribution is -0.115. The molecule has 1 fully saturated rings. The molecule has 0 aliphatic carbocycles. The summed E-state index contributed by atoms with van der Waals surface area (Å²) in [6.45, 7) is 0. The summed E-state index contributed by atoms with van der Waals surface area (Å²) < 4.78 is 14.3. The molecule has 1 heterocycles. The van der Waals surface area contributed by atoms with Crippen LogP contribution < -0.4 is 4.90 Å². The quantitative estimate of drug-likeness (QED) is 0.722. The number of thioether (sulfide) groups is 1. The SMILES string of the molecule is O=C1CSC(c2cccc(Br)c2)N1c1ccc(F)c(Cl)c1. The van der Waals surface area contributed by atoms with Gasteiger partial charge in [0, 0.05) is 10.2 Å². The third-order valence-electron chi connectivity index (χ3n) is 3.18. The molecule has 0 aromatic heterocycles. The largest absolute Gasteiger partial charge is 0.295 e. The lowest BCUT2D eigenvalue weighted by atomic mass is 10.2. The Hall–Kier alpha value is -1.04. The van der Waals surface area contributed by atoms with Gasteiger partial charge in [-0.1, -0.05) is 39.7 Å². The summed E-state index contributed by atoms with van der Waals surface area (Å²) in [6, 6.07) is 12.2. The van der Waals surface area contributed by atoms with Gasteiger partial charge >= 0.3 is 0 Å². The Bertz CT molecular complexity index is 712. The third kappa shape index (κ3) is 2.96. The van der Waals surface area contributed by atoms with Crippen LogP contribution in [0.1, 0.15) is 10.9 Å². The van der Waals surface area contributed by atoms with Crippen LogP contribution in [-0.2, 0) is 4.79 Å². The molecule has 2 nitrogen and oxygen atoms in total. The van der Waals surface area contributed by atoms with Gasteiger partial charge in [-0.15, -0.1) is 11.8 Å². The van der Waals surface area contributed by atoms with Crippen LogP contribution in [0, 0.1) is 5.82 Å². The van der Waals surface area contributed by atoms with E-state index >= 15 is 0 Å². The van der Waals surface area contributed by atoms with Crippen molar-refractivity contribution >= 4 is 50.9 Å². The third-order valence-corrected chi connectivity index (χ3v) is 5.18. The van der Waals surface area contributed by atoms with E-state index in [2.05, 4.69) is 15.9 Å². The van der Waals surface area contributed by atoms with E-state index in [9.17, 15) is 9.18 Å². The molecule has 1 saturated heterocycles. The maximum Gasteiger partial charge on any atom is 0.238 e. The van der Waals surface area contributed by atoms with Crippen LogP contribution in [-0.4, -0.2) is 11.7 Å². The second kappa shape index (κ2) is 5.99. The molecule has 108 valence electrons. The number of halogens is 3. The van der Waals surface area contributed by atoms with E-state index in [-0.39, 0.29) is 16.3 Å². The smallest absolute Gasteiger partial charge is 0.238 e. The van der Waals surface area contributed by atoms with Crippen LogP contribution in [0.3, 0.4) is 0 Å². The van der Waals surface area contributed by atoms with Gasteiger partial charge in [-0.25, -0.2) is 4.39 Å². The van der Waals surface area contributed by atoms with Gasteiger partial charge in [-0.05, 0) is 35.9 Å². The minimum atomic E-state index is -0.487. The highest BCUT2D eigenvalue weighted by Crippen LogP contribution is 2.42. The van der Waals surface area contributed by atoms with Crippen molar-refractivity contribution in [2.75, 3.05) is 10.7 Å². The number of nitrogens with zero attached hydrogens (tertiary/aromatic N) is 1. The standard InChI is InChI=1S/C15H10BrClFNOS/c16-10-3-1-2-9(6-10)15-19(14(20)8-21-15)11-4-5-13(18)12(17)7-11/h1-7,15H,8H2. The first kappa shape index (κ1) is 14.9. The monoisotopic (exact) mass is 385 g/mol. The summed E-state index contributed by atoms with van der Waals surface area (Å²) >= 11 is 10.8. The van der Waals surface area contributed by atoms with Crippen LogP contribution in [0.2, 0.25) is 5.02 Å². The number of benzene rings is 2. The zero-order valence-corrected chi connectivity index (χ0v) is 13.9. The van der Waals surface area contributed by atoms with E-state index < -0.39 is 5.82 Å². The number of hydrogen-bond donors (Lipinski definition) is 0. The normalized spacial score (nSPS) is 18.3. The maximum atomic E-state index is 13.3. The Kier molecular flexibility index (Phi) is 4.24. The first-order chi connectivity index (χ1) is 10.1. The molecule has 3 rings (SSSR count). The van der Waals surface area contributed by atoms with Crippen molar-refractivity contribution in [1.29, 1.82) is 0 Å². The maximum absolute atomic E-state index is 13.3. The number of carbonyl (C=O) groups excluding carboxylic acids is 1. The summed E-state index contributed by atoms with van der Waals surface area (Å²) in [7, 11) is 0. The van der Waals surface area contributed by atoms with Crippen LogP contribution >= 0.6 is 39.3 Å². The van der Waals surface area contributed by atoms with Gasteiger partial charge in [0.25, 0.3) is 0 Å². The number of carbonyl (C=O) groups is 1. The van der Waals surface area contributed by atoms with E-state index in [4.69, 9.17) is 11.6 Å². The Morgan fingerprint density at radius 3 is 2.81 bits per heavy atom. The van der Waals surface area contributed by atoms with Crippen LogP contribution in [0.5, 0.6) is 0 Å². The van der Waals surface area contributed by atoms with E-state index in [0.29, 0.717) is 11.4 Å². The molecule has 2 aromatic carbocycles.